The van der Waals surface area contributed by atoms with Crippen LogP contribution in [0.25, 0.3) is 0 Å². The molecule has 2 unspecified atom stereocenters. The Morgan fingerprint density at radius 2 is 2.11 bits per heavy atom. The lowest BCUT2D eigenvalue weighted by molar-refractivity contribution is 0.355. The van der Waals surface area contributed by atoms with E-state index >= 15 is 0 Å². The zero-order chi connectivity index (χ0) is 14.3. The Balaban J connectivity index is 2.75. The summed E-state index contributed by atoms with van der Waals surface area (Å²) in [5.41, 5.74) is 5.42. The average Bonchev–Trinajstić information content (AvgIpc) is 2.80. The van der Waals surface area contributed by atoms with Crippen molar-refractivity contribution < 1.29 is 0 Å². The fraction of sp³-hybridized carbons (Fsp3) is 0.800. The Morgan fingerprint density at radius 1 is 1.37 bits per heavy atom. The van der Waals surface area contributed by atoms with Gasteiger partial charge in [0.1, 0.15) is 0 Å². The van der Waals surface area contributed by atoms with Gasteiger partial charge in [-0.1, -0.05) is 46.5 Å². The first-order valence-electron chi connectivity index (χ1n) is 7.64. The van der Waals surface area contributed by atoms with Crippen molar-refractivity contribution in [2.24, 2.45) is 18.8 Å². The number of hydrogen-bond acceptors (Lipinski definition) is 3. The predicted molar refractivity (Wildman–Crippen MR) is 80.6 cm³/mol. The van der Waals surface area contributed by atoms with E-state index in [1.807, 2.05) is 11.7 Å². The van der Waals surface area contributed by atoms with E-state index in [2.05, 4.69) is 37.5 Å². The Labute approximate surface area is 117 Å². The molecule has 0 saturated carbocycles. The molecule has 4 heteroatoms. The number of aryl methyl sites for hydroxylation is 2. The van der Waals surface area contributed by atoms with E-state index in [9.17, 15) is 0 Å². The number of nitrogens with one attached hydrogen (secondary N) is 1. The molecule has 2 atom stereocenters. The van der Waals surface area contributed by atoms with Gasteiger partial charge in [-0.15, -0.1) is 0 Å². The lowest BCUT2D eigenvalue weighted by Crippen LogP contribution is -2.30. The zero-order valence-electron chi connectivity index (χ0n) is 12.9. The molecule has 0 bridgehead atoms. The number of unbranched alkanes of at least 4 members (excludes halogenated alkanes) is 1. The molecule has 0 aliphatic heterocycles. The summed E-state index contributed by atoms with van der Waals surface area (Å²) in [4.78, 5) is 0. The number of nitrogens with two attached hydrogens (primary N) is 1. The molecule has 0 aliphatic carbocycles. The third-order valence-corrected chi connectivity index (χ3v) is 3.96. The van der Waals surface area contributed by atoms with Crippen molar-refractivity contribution in [2.75, 3.05) is 0 Å². The second kappa shape index (κ2) is 8.33. The van der Waals surface area contributed by atoms with Gasteiger partial charge in [0.05, 0.1) is 5.69 Å². The molecule has 1 heterocycles. The van der Waals surface area contributed by atoms with Gasteiger partial charge in [-0.2, -0.15) is 5.10 Å². The van der Waals surface area contributed by atoms with Crippen LogP contribution in [0.5, 0.6) is 0 Å². The summed E-state index contributed by atoms with van der Waals surface area (Å²) in [5.74, 6) is 6.52. The van der Waals surface area contributed by atoms with Crippen LogP contribution in [0.3, 0.4) is 0 Å². The maximum atomic E-state index is 5.78. The van der Waals surface area contributed by atoms with E-state index in [0.29, 0.717) is 0 Å². The largest absolute Gasteiger partial charge is 0.275 e. The minimum atomic E-state index is 0.227. The van der Waals surface area contributed by atoms with Crippen LogP contribution in [0.4, 0.5) is 0 Å². The first-order valence-corrected chi connectivity index (χ1v) is 7.64. The van der Waals surface area contributed by atoms with Crippen LogP contribution in [-0.2, 0) is 13.5 Å². The van der Waals surface area contributed by atoms with Crippen molar-refractivity contribution in [1.29, 1.82) is 0 Å². The van der Waals surface area contributed by atoms with Crippen molar-refractivity contribution in [3.8, 4) is 0 Å². The Morgan fingerprint density at radius 3 is 2.63 bits per heavy atom. The summed E-state index contributed by atoms with van der Waals surface area (Å²) in [6.07, 6.45) is 9.27. The Kier molecular flexibility index (Phi) is 7.10. The van der Waals surface area contributed by atoms with Gasteiger partial charge in [0.15, 0.2) is 0 Å². The topological polar surface area (TPSA) is 55.9 Å². The number of hydrazine groups is 1. The van der Waals surface area contributed by atoms with Crippen molar-refractivity contribution in [1.82, 2.24) is 15.2 Å². The molecule has 3 N–H and O–H groups in total. The highest BCUT2D eigenvalue weighted by Crippen LogP contribution is 2.28. The highest BCUT2D eigenvalue weighted by atomic mass is 15.3. The molecule has 1 rings (SSSR count). The standard InChI is InChI=1S/C15H30N4/c1-5-8-9-12(6-2)10-15(17-16)13-11-19(4)18-14(13)7-3/h11-12,15,17H,5-10,16H2,1-4H3. The van der Waals surface area contributed by atoms with Crippen molar-refractivity contribution >= 4 is 0 Å². The molecule has 4 nitrogen and oxygen atoms in total. The second-order valence-corrected chi connectivity index (χ2v) is 5.43. The average molecular weight is 266 g/mol. The minimum Gasteiger partial charge on any atom is -0.275 e. The van der Waals surface area contributed by atoms with E-state index in [-0.39, 0.29) is 6.04 Å². The van der Waals surface area contributed by atoms with E-state index in [4.69, 9.17) is 5.84 Å². The second-order valence-electron chi connectivity index (χ2n) is 5.43. The number of hydrogen-bond donors (Lipinski definition) is 2. The third-order valence-electron chi connectivity index (χ3n) is 3.96. The smallest absolute Gasteiger partial charge is 0.0670 e. The monoisotopic (exact) mass is 266 g/mol. The van der Waals surface area contributed by atoms with E-state index < -0.39 is 0 Å². The van der Waals surface area contributed by atoms with Crippen molar-refractivity contribution in [2.45, 2.75) is 65.3 Å². The molecule has 0 aromatic carbocycles. The maximum absolute atomic E-state index is 5.78. The van der Waals surface area contributed by atoms with Gasteiger partial charge in [0, 0.05) is 24.8 Å². The summed E-state index contributed by atoms with van der Waals surface area (Å²) in [6.45, 7) is 6.67. The number of rotatable bonds is 9. The number of aromatic nitrogens is 2. The molecule has 0 amide bonds. The molecule has 0 saturated heterocycles. The maximum Gasteiger partial charge on any atom is 0.0670 e. The molecule has 110 valence electrons. The molecular weight excluding hydrogens is 236 g/mol. The van der Waals surface area contributed by atoms with Crippen LogP contribution < -0.4 is 11.3 Å². The van der Waals surface area contributed by atoms with Gasteiger partial charge >= 0.3 is 0 Å². The van der Waals surface area contributed by atoms with Gasteiger partial charge in [0.2, 0.25) is 0 Å². The summed E-state index contributed by atoms with van der Waals surface area (Å²) in [6, 6.07) is 0.227. The van der Waals surface area contributed by atoms with Gasteiger partial charge < -0.3 is 0 Å². The first-order chi connectivity index (χ1) is 9.15. The summed E-state index contributed by atoms with van der Waals surface area (Å²) < 4.78 is 1.89. The lowest BCUT2D eigenvalue weighted by atomic mass is 9.89. The Bertz CT molecular complexity index is 359. The van der Waals surface area contributed by atoms with Crippen LogP contribution in [0.2, 0.25) is 0 Å². The molecule has 0 radical (unpaired) electrons. The van der Waals surface area contributed by atoms with Crippen LogP contribution in [0.15, 0.2) is 6.20 Å². The lowest BCUT2D eigenvalue weighted by Gasteiger charge is -2.22. The van der Waals surface area contributed by atoms with E-state index in [1.54, 1.807) is 0 Å². The molecule has 0 spiro atoms. The van der Waals surface area contributed by atoms with E-state index in [1.165, 1.54) is 31.2 Å². The minimum absolute atomic E-state index is 0.227. The third kappa shape index (κ3) is 4.62. The van der Waals surface area contributed by atoms with E-state index in [0.717, 1.165) is 24.5 Å². The predicted octanol–water partition coefficient (Wildman–Crippen LogP) is 3.09. The highest BCUT2D eigenvalue weighted by Gasteiger charge is 2.20. The van der Waals surface area contributed by atoms with Crippen molar-refractivity contribution in [3.05, 3.63) is 17.5 Å². The van der Waals surface area contributed by atoms with Crippen LogP contribution >= 0.6 is 0 Å². The zero-order valence-corrected chi connectivity index (χ0v) is 12.9. The van der Waals surface area contributed by atoms with Crippen LogP contribution in [0, 0.1) is 5.92 Å². The normalized spacial score (nSPS) is 14.6. The van der Waals surface area contributed by atoms with Gasteiger partial charge in [0.25, 0.3) is 0 Å². The van der Waals surface area contributed by atoms with Gasteiger partial charge in [-0.25, -0.2) is 0 Å². The van der Waals surface area contributed by atoms with Crippen LogP contribution in [0.1, 0.15) is 70.2 Å². The molecule has 1 aromatic heterocycles. The SMILES string of the molecule is CCCCC(CC)CC(NN)c1cn(C)nc1CC. The van der Waals surface area contributed by atoms with Gasteiger partial charge in [-0.3, -0.25) is 16.0 Å². The quantitative estimate of drug-likeness (QED) is 0.533. The molecule has 0 aliphatic rings. The van der Waals surface area contributed by atoms with Gasteiger partial charge in [-0.05, 0) is 18.8 Å². The molecule has 19 heavy (non-hydrogen) atoms. The molecule has 0 fully saturated rings. The Hall–Kier alpha value is -0.870. The summed E-state index contributed by atoms with van der Waals surface area (Å²) in [5, 5.41) is 4.51. The first kappa shape index (κ1) is 16.2. The van der Waals surface area contributed by atoms with Crippen LogP contribution in [-0.4, -0.2) is 9.78 Å². The number of nitrogens with zero attached hydrogens (tertiary/aromatic N) is 2. The van der Waals surface area contributed by atoms with Crippen molar-refractivity contribution in [3.63, 3.8) is 0 Å². The fourth-order valence-electron chi connectivity index (χ4n) is 2.72. The summed E-state index contributed by atoms with van der Waals surface area (Å²) in [7, 11) is 1.98. The highest BCUT2D eigenvalue weighted by molar-refractivity contribution is 5.21. The molecule has 1 aromatic rings. The fourth-order valence-corrected chi connectivity index (χ4v) is 2.72. The molecular formula is C15H30N4. The summed E-state index contributed by atoms with van der Waals surface area (Å²) >= 11 is 0.